The summed E-state index contributed by atoms with van der Waals surface area (Å²) in [7, 11) is 0. The lowest BCUT2D eigenvalue weighted by Gasteiger charge is -2.15. The van der Waals surface area contributed by atoms with E-state index in [2.05, 4.69) is 20.9 Å². The minimum Gasteiger partial charge on any atom is -0.481 e. The summed E-state index contributed by atoms with van der Waals surface area (Å²) in [6.45, 7) is 0.00184. The average molecular weight is 329 g/mol. The largest absolute Gasteiger partial charge is 0.481 e. The van der Waals surface area contributed by atoms with E-state index >= 15 is 0 Å². The molecule has 7 nitrogen and oxygen atoms in total. The van der Waals surface area contributed by atoms with Crippen molar-refractivity contribution in [1.82, 2.24) is 4.98 Å². The molecule has 2 rings (SSSR count). The third-order valence-electron chi connectivity index (χ3n) is 2.78. The molecule has 1 aromatic rings. The molecule has 0 aliphatic carbocycles. The third-order valence-corrected chi connectivity index (χ3v) is 3.42. The van der Waals surface area contributed by atoms with Crippen LogP contribution in [-0.2, 0) is 9.59 Å². The summed E-state index contributed by atoms with van der Waals surface area (Å²) in [4.78, 5) is 38.6. The number of rotatable bonds is 3. The first-order chi connectivity index (χ1) is 8.90. The van der Waals surface area contributed by atoms with Gasteiger partial charge in [0.15, 0.2) is 5.69 Å². The smallest absolute Gasteiger partial charge is 0.355 e. The van der Waals surface area contributed by atoms with E-state index in [9.17, 15) is 14.4 Å². The monoisotopic (exact) mass is 328 g/mol. The van der Waals surface area contributed by atoms with Crippen LogP contribution in [0.3, 0.4) is 0 Å². The molecule has 1 fully saturated rings. The number of hydrogen-bond donors (Lipinski definition) is 2. The topological polar surface area (TPSA) is 108 Å². The summed E-state index contributed by atoms with van der Waals surface area (Å²) in [5.41, 5.74) is -0.218. The van der Waals surface area contributed by atoms with Gasteiger partial charge in [0, 0.05) is 13.0 Å². The molecule has 1 aliphatic heterocycles. The first-order valence-corrected chi connectivity index (χ1v) is 6.12. The summed E-state index contributed by atoms with van der Waals surface area (Å²) < 4.78 is 0.296. The van der Waals surface area contributed by atoms with E-state index in [0.717, 1.165) is 0 Å². The van der Waals surface area contributed by atoms with Gasteiger partial charge in [-0.3, -0.25) is 14.5 Å². The van der Waals surface area contributed by atoms with Gasteiger partial charge in [0.2, 0.25) is 5.91 Å². The van der Waals surface area contributed by atoms with Gasteiger partial charge < -0.3 is 10.2 Å². The molecule has 8 heteroatoms. The number of anilines is 1. The number of aromatic carboxylic acids is 1. The van der Waals surface area contributed by atoms with Crippen LogP contribution in [0.5, 0.6) is 0 Å². The quantitative estimate of drug-likeness (QED) is 0.856. The van der Waals surface area contributed by atoms with Crippen LogP contribution in [0, 0.1) is 5.92 Å². The molecule has 1 aromatic heterocycles. The molecule has 2 N–H and O–H groups in total. The van der Waals surface area contributed by atoms with Crippen molar-refractivity contribution in [1.29, 1.82) is 0 Å². The molecule has 0 aromatic carbocycles. The molecular formula is C11H9BrN2O5. The Morgan fingerprint density at radius 2 is 2.05 bits per heavy atom. The Bertz CT molecular complexity index is 574. The molecule has 2 heterocycles. The highest BCUT2D eigenvalue weighted by Crippen LogP contribution is 2.26. The van der Waals surface area contributed by atoms with Gasteiger partial charge in [-0.1, -0.05) is 0 Å². The summed E-state index contributed by atoms with van der Waals surface area (Å²) in [6.07, 6.45) is -0.102. The van der Waals surface area contributed by atoms with Gasteiger partial charge in [-0.2, -0.15) is 0 Å². The summed E-state index contributed by atoms with van der Waals surface area (Å²) in [5.74, 6) is -3.29. The zero-order chi connectivity index (χ0) is 14.2. The zero-order valence-corrected chi connectivity index (χ0v) is 11.1. The number of aromatic nitrogens is 1. The van der Waals surface area contributed by atoms with E-state index in [-0.39, 0.29) is 30.4 Å². The van der Waals surface area contributed by atoms with Gasteiger partial charge in [0.1, 0.15) is 5.82 Å². The Hall–Kier alpha value is -1.96. The van der Waals surface area contributed by atoms with Crippen molar-refractivity contribution in [3.8, 4) is 0 Å². The molecule has 0 saturated carbocycles. The number of carboxylic acid groups (broad SMARTS) is 2. The highest BCUT2D eigenvalue weighted by molar-refractivity contribution is 9.10. The van der Waals surface area contributed by atoms with Crippen molar-refractivity contribution < 1.29 is 24.6 Å². The minimum atomic E-state index is -1.23. The van der Waals surface area contributed by atoms with Gasteiger partial charge in [0.25, 0.3) is 0 Å². The SMILES string of the molecule is O=C(O)c1nc(N2CC(C(=O)O)CC2=O)ccc1Br. The van der Waals surface area contributed by atoms with Crippen molar-refractivity contribution in [2.75, 3.05) is 11.4 Å². The highest BCUT2D eigenvalue weighted by Gasteiger charge is 2.36. The predicted octanol–water partition coefficient (Wildman–Crippen LogP) is 0.980. The molecule has 1 aliphatic rings. The Morgan fingerprint density at radius 1 is 1.37 bits per heavy atom. The van der Waals surface area contributed by atoms with E-state index in [0.29, 0.717) is 4.47 Å². The number of pyridine rings is 1. The average Bonchev–Trinajstić information content (AvgIpc) is 2.72. The van der Waals surface area contributed by atoms with Crippen molar-refractivity contribution >= 4 is 39.6 Å². The Balaban J connectivity index is 2.33. The van der Waals surface area contributed by atoms with Crippen LogP contribution in [0.4, 0.5) is 5.82 Å². The fourth-order valence-corrected chi connectivity index (χ4v) is 2.22. The molecule has 19 heavy (non-hydrogen) atoms. The van der Waals surface area contributed by atoms with E-state index in [1.807, 2.05) is 0 Å². The second-order valence-corrected chi connectivity index (χ2v) is 4.90. The maximum atomic E-state index is 11.7. The van der Waals surface area contributed by atoms with E-state index in [1.54, 1.807) is 0 Å². The molecular weight excluding hydrogens is 320 g/mol. The van der Waals surface area contributed by atoms with Crippen LogP contribution < -0.4 is 4.90 Å². The van der Waals surface area contributed by atoms with Gasteiger partial charge in [0.05, 0.1) is 10.4 Å². The maximum Gasteiger partial charge on any atom is 0.355 e. The molecule has 0 bridgehead atoms. The molecule has 1 amide bonds. The van der Waals surface area contributed by atoms with E-state index in [4.69, 9.17) is 10.2 Å². The number of carboxylic acids is 2. The maximum absolute atomic E-state index is 11.7. The molecule has 0 spiro atoms. The Labute approximate surface area is 116 Å². The molecule has 1 atom stereocenters. The lowest BCUT2D eigenvalue weighted by atomic mass is 10.1. The second kappa shape index (κ2) is 4.96. The van der Waals surface area contributed by atoms with E-state index < -0.39 is 17.9 Å². The van der Waals surface area contributed by atoms with Crippen LogP contribution in [-0.4, -0.2) is 39.6 Å². The first kappa shape index (κ1) is 13.5. The van der Waals surface area contributed by atoms with Crippen LogP contribution >= 0.6 is 15.9 Å². The molecule has 1 saturated heterocycles. The number of halogens is 1. The fourth-order valence-electron chi connectivity index (χ4n) is 1.83. The van der Waals surface area contributed by atoms with Crippen LogP contribution in [0.25, 0.3) is 0 Å². The summed E-state index contributed by atoms with van der Waals surface area (Å²) in [6, 6.07) is 2.94. The van der Waals surface area contributed by atoms with Crippen LogP contribution in [0.1, 0.15) is 16.9 Å². The number of hydrogen-bond acceptors (Lipinski definition) is 4. The highest BCUT2D eigenvalue weighted by atomic mass is 79.9. The normalized spacial score (nSPS) is 18.7. The van der Waals surface area contributed by atoms with Gasteiger partial charge >= 0.3 is 11.9 Å². The number of aliphatic carboxylic acids is 1. The number of nitrogens with zero attached hydrogens (tertiary/aromatic N) is 2. The van der Waals surface area contributed by atoms with Crippen molar-refractivity contribution in [2.24, 2.45) is 5.92 Å². The summed E-state index contributed by atoms with van der Waals surface area (Å²) in [5, 5.41) is 17.8. The van der Waals surface area contributed by atoms with Crippen LogP contribution in [0.15, 0.2) is 16.6 Å². The number of carbonyl (C=O) groups is 3. The second-order valence-electron chi connectivity index (χ2n) is 4.05. The van der Waals surface area contributed by atoms with Crippen molar-refractivity contribution in [3.63, 3.8) is 0 Å². The van der Waals surface area contributed by atoms with E-state index in [1.165, 1.54) is 17.0 Å². The minimum absolute atomic E-state index is 0.00184. The predicted molar refractivity (Wildman–Crippen MR) is 67.0 cm³/mol. The number of carbonyl (C=O) groups excluding carboxylic acids is 1. The lowest BCUT2D eigenvalue weighted by Crippen LogP contribution is -2.27. The standard InChI is InChI=1S/C11H9BrN2O5/c12-6-1-2-7(13-9(6)11(18)19)14-4-5(10(16)17)3-8(14)15/h1-2,5H,3-4H2,(H,16,17)(H,18,19). The van der Waals surface area contributed by atoms with Gasteiger partial charge in [-0.05, 0) is 28.1 Å². The third kappa shape index (κ3) is 2.58. The summed E-state index contributed by atoms with van der Waals surface area (Å²) >= 11 is 3.05. The number of amides is 1. The molecule has 1 unspecified atom stereocenters. The van der Waals surface area contributed by atoms with Gasteiger partial charge in [-0.15, -0.1) is 0 Å². The first-order valence-electron chi connectivity index (χ1n) is 5.33. The molecule has 0 radical (unpaired) electrons. The van der Waals surface area contributed by atoms with Gasteiger partial charge in [-0.25, -0.2) is 9.78 Å². The Morgan fingerprint density at radius 3 is 2.58 bits per heavy atom. The van der Waals surface area contributed by atoms with Crippen molar-refractivity contribution in [3.05, 3.63) is 22.3 Å². The Kier molecular flexibility index (Phi) is 3.52. The molecule has 100 valence electrons. The van der Waals surface area contributed by atoms with Crippen LogP contribution in [0.2, 0.25) is 0 Å². The fraction of sp³-hybridized carbons (Fsp3) is 0.273. The van der Waals surface area contributed by atoms with Crippen molar-refractivity contribution in [2.45, 2.75) is 6.42 Å². The zero-order valence-electron chi connectivity index (χ0n) is 9.54. The lowest BCUT2D eigenvalue weighted by molar-refractivity contribution is -0.141.